The molecule has 2 aromatic carbocycles. The van der Waals surface area contributed by atoms with Crippen LogP contribution in [0.5, 0.6) is 0 Å². The molecular weight excluding hydrogens is 398 g/mol. The summed E-state index contributed by atoms with van der Waals surface area (Å²) in [7, 11) is 0. The molecular formula is C16H15Br2NO2. The highest BCUT2D eigenvalue weighted by Crippen LogP contribution is 2.24. The van der Waals surface area contributed by atoms with Crippen LogP contribution in [0.15, 0.2) is 57.5 Å². The SMILES string of the molecule is CCOC(=O)C(Nc1cccc(Br)c1)c1ccc(Br)cc1. The Morgan fingerprint density at radius 3 is 2.48 bits per heavy atom. The van der Waals surface area contributed by atoms with E-state index in [4.69, 9.17) is 4.74 Å². The quantitative estimate of drug-likeness (QED) is 0.707. The van der Waals surface area contributed by atoms with Crippen molar-refractivity contribution in [3.05, 3.63) is 63.0 Å². The standard InChI is InChI=1S/C16H15Br2NO2/c1-2-21-16(20)15(11-6-8-12(17)9-7-11)19-14-5-3-4-13(18)10-14/h3-10,15,19H,2H2,1H3. The molecule has 0 heterocycles. The van der Waals surface area contributed by atoms with Gasteiger partial charge in [0.25, 0.3) is 0 Å². The van der Waals surface area contributed by atoms with Gasteiger partial charge in [0.1, 0.15) is 0 Å². The molecule has 0 aliphatic heterocycles. The number of benzene rings is 2. The first-order valence-corrected chi connectivity index (χ1v) is 8.13. The Balaban J connectivity index is 2.27. The normalized spacial score (nSPS) is 11.8. The number of carbonyl (C=O) groups excluding carboxylic acids is 1. The Bertz CT molecular complexity index is 614. The second kappa shape index (κ2) is 7.61. The number of ether oxygens (including phenoxy) is 1. The third-order valence-electron chi connectivity index (χ3n) is 2.86. The number of anilines is 1. The summed E-state index contributed by atoms with van der Waals surface area (Å²) in [5, 5.41) is 3.22. The van der Waals surface area contributed by atoms with Crippen molar-refractivity contribution in [3.8, 4) is 0 Å². The summed E-state index contributed by atoms with van der Waals surface area (Å²) >= 11 is 6.82. The van der Waals surface area contributed by atoms with Gasteiger partial charge in [0.15, 0.2) is 6.04 Å². The monoisotopic (exact) mass is 411 g/mol. The van der Waals surface area contributed by atoms with Gasteiger partial charge in [0, 0.05) is 14.6 Å². The molecule has 110 valence electrons. The van der Waals surface area contributed by atoms with Crippen LogP contribution in [-0.4, -0.2) is 12.6 Å². The number of hydrogen-bond donors (Lipinski definition) is 1. The lowest BCUT2D eigenvalue weighted by Gasteiger charge is -2.19. The van der Waals surface area contributed by atoms with E-state index in [1.54, 1.807) is 6.92 Å². The number of carbonyl (C=O) groups is 1. The lowest BCUT2D eigenvalue weighted by molar-refractivity contribution is -0.144. The summed E-state index contributed by atoms with van der Waals surface area (Å²) < 4.78 is 7.08. The minimum atomic E-state index is -0.535. The minimum absolute atomic E-state index is 0.292. The van der Waals surface area contributed by atoms with Crippen LogP contribution >= 0.6 is 31.9 Å². The molecule has 0 aromatic heterocycles. The van der Waals surface area contributed by atoms with Crippen LogP contribution in [0.25, 0.3) is 0 Å². The summed E-state index contributed by atoms with van der Waals surface area (Å²) in [4.78, 5) is 12.2. The van der Waals surface area contributed by atoms with E-state index in [-0.39, 0.29) is 5.97 Å². The van der Waals surface area contributed by atoms with Gasteiger partial charge in [-0.2, -0.15) is 0 Å². The zero-order chi connectivity index (χ0) is 15.2. The molecule has 0 fully saturated rings. The van der Waals surface area contributed by atoms with Crippen molar-refractivity contribution < 1.29 is 9.53 Å². The molecule has 0 amide bonds. The fraction of sp³-hybridized carbons (Fsp3) is 0.188. The van der Waals surface area contributed by atoms with Crippen LogP contribution in [0.1, 0.15) is 18.5 Å². The molecule has 1 atom stereocenters. The van der Waals surface area contributed by atoms with Crippen LogP contribution in [0.2, 0.25) is 0 Å². The van der Waals surface area contributed by atoms with Gasteiger partial charge >= 0.3 is 5.97 Å². The Kier molecular flexibility index (Phi) is 5.82. The van der Waals surface area contributed by atoms with Crippen LogP contribution < -0.4 is 5.32 Å². The second-order valence-corrected chi connectivity index (χ2v) is 6.22. The highest BCUT2D eigenvalue weighted by Gasteiger charge is 2.21. The highest BCUT2D eigenvalue weighted by molar-refractivity contribution is 9.10. The zero-order valence-corrected chi connectivity index (χ0v) is 14.6. The average molecular weight is 413 g/mol. The van der Waals surface area contributed by atoms with Crippen molar-refractivity contribution in [2.45, 2.75) is 13.0 Å². The summed E-state index contributed by atoms with van der Waals surface area (Å²) in [6, 6.07) is 14.8. The topological polar surface area (TPSA) is 38.3 Å². The van der Waals surface area contributed by atoms with E-state index >= 15 is 0 Å². The number of halogens is 2. The van der Waals surface area contributed by atoms with Gasteiger partial charge in [-0.25, -0.2) is 4.79 Å². The molecule has 1 N–H and O–H groups in total. The molecule has 0 saturated heterocycles. The summed E-state index contributed by atoms with van der Waals surface area (Å²) in [5.41, 5.74) is 1.71. The first-order chi connectivity index (χ1) is 10.1. The molecule has 0 bridgehead atoms. The smallest absolute Gasteiger partial charge is 0.333 e. The minimum Gasteiger partial charge on any atom is -0.464 e. The Hall–Kier alpha value is -1.33. The molecule has 2 aromatic rings. The Labute approximate surface area is 141 Å². The fourth-order valence-corrected chi connectivity index (χ4v) is 2.57. The van der Waals surface area contributed by atoms with E-state index in [9.17, 15) is 4.79 Å². The van der Waals surface area contributed by atoms with Crippen molar-refractivity contribution in [2.24, 2.45) is 0 Å². The maximum atomic E-state index is 12.2. The van der Waals surface area contributed by atoms with Crippen molar-refractivity contribution >= 4 is 43.5 Å². The lowest BCUT2D eigenvalue weighted by atomic mass is 10.1. The van der Waals surface area contributed by atoms with E-state index in [1.807, 2.05) is 48.5 Å². The zero-order valence-electron chi connectivity index (χ0n) is 11.5. The lowest BCUT2D eigenvalue weighted by Crippen LogP contribution is -2.23. The number of hydrogen-bond acceptors (Lipinski definition) is 3. The van der Waals surface area contributed by atoms with Gasteiger partial charge in [-0.05, 0) is 42.8 Å². The van der Waals surface area contributed by atoms with Crippen LogP contribution in [0.4, 0.5) is 5.69 Å². The van der Waals surface area contributed by atoms with Crippen molar-refractivity contribution in [1.82, 2.24) is 0 Å². The molecule has 0 spiro atoms. The maximum absolute atomic E-state index is 12.2. The number of nitrogens with one attached hydrogen (secondary N) is 1. The third-order valence-corrected chi connectivity index (χ3v) is 3.88. The molecule has 5 heteroatoms. The number of esters is 1. The van der Waals surface area contributed by atoms with E-state index in [0.29, 0.717) is 6.61 Å². The predicted octanol–water partition coefficient (Wildman–Crippen LogP) is 4.93. The van der Waals surface area contributed by atoms with Gasteiger partial charge in [0.05, 0.1) is 6.61 Å². The largest absolute Gasteiger partial charge is 0.464 e. The summed E-state index contributed by atoms with van der Waals surface area (Å²) in [6.07, 6.45) is 0. The summed E-state index contributed by atoms with van der Waals surface area (Å²) in [5.74, 6) is -0.292. The van der Waals surface area contributed by atoms with Crippen molar-refractivity contribution in [2.75, 3.05) is 11.9 Å². The molecule has 0 aliphatic rings. The van der Waals surface area contributed by atoms with Gasteiger partial charge in [-0.3, -0.25) is 0 Å². The van der Waals surface area contributed by atoms with Gasteiger partial charge in [-0.15, -0.1) is 0 Å². The van der Waals surface area contributed by atoms with Crippen LogP contribution in [0, 0.1) is 0 Å². The van der Waals surface area contributed by atoms with Crippen LogP contribution in [0.3, 0.4) is 0 Å². The Morgan fingerprint density at radius 2 is 1.86 bits per heavy atom. The third kappa shape index (κ3) is 4.58. The van der Waals surface area contributed by atoms with E-state index < -0.39 is 6.04 Å². The molecule has 1 unspecified atom stereocenters. The maximum Gasteiger partial charge on any atom is 0.333 e. The molecule has 21 heavy (non-hydrogen) atoms. The predicted molar refractivity (Wildman–Crippen MR) is 91.3 cm³/mol. The summed E-state index contributed by atoms with van der Waals surface area (Å²) in [6.45, 7) is 2.15. The van der Waals surface area contributed by atoms with E-state index in [2.05, 4.69) is 37.2 Å². The molecule has 3 nitrogen and oxygen atoms in total. The van der Waals surface area contributed by atoms with Crippen molar-refractivity contribution in [1.29, 1.82) is 0 Å². The molecule has 2 rings (SSSR count). The highest BCUT2D eigenvalue weighted by atomic mass is 79.9. The number of rotatable bonds is 5. The second-order valence-electron chi connectivity index (χ2n) is 4.39. The van der Waals surface area contributed by atoms with Gasteiger partial charge < -0.3 is 10.1 Å². The first kappa shape index (κ1) is 16.0. The molecule has 0 aliphatic carbocycles. The average Bonchev–Trinajstić information content (AvgIpc) is 2.46. The first-order valence-electron chi connectivity index (χ1n) is 6.54. The molecule has 0 radical (unpaired) electrons. The van der Waals surface area contributed by atoms with Crippen LogP contribution in [-0.2, 0) is 9.53 Å². The van der Waals surface area contributed by atoms with Crippen molar-refractivity contribution in [3.63, 3.8) is 0 Å². The van der Waals surface area contributed by atoms with Gasteiger partial charge in [0.2, 0.25) is 0 Å². The Morgan fingerprint density at radius 1 is 1.14 bits per heavy atom. The fourth-order valence-electron chi connectivity index (χ4n) is 1.90. The van der Waals surface area contributed by atoms with E-state index in [0.717, 1.165) is 20.2 Å². The van der Waals surface area contributed by atoms with Gasteiger partial charge in [-0.1, -0.05) is 50.1 Å². The molecule has 0 saturated carbocycles. The van der Waals surface area contributed by atoms with E-state index in [1.165, 1.54) is 0 Å².